The number of methoxy groups -OCH3 is 1. The molecule has 0 aliphatic rings. The van der Waals surface area contributed by atoms with Gasteiger partial charge in [0.25, 0.3) is 5.56 Å². The molecule has 5 nitrogen and oxygen atoms in total. The van der Waals surface area contributed by atoms with Gasteiger partial charge in [-0.15, -0.1) is 11.3 Å². The van der Waals surface area contributed by atoms with Crippen molar-refractivity contribution in [1.82, 2.24) is 9.55 Å². The molecule has 0 N–H and O–H groups in total. The maximum Gasteiger partial charge on any atom is 0.305 e. The van der Waals surface area contributed by atoms with Gasteiger partial charge in [-0.25, -0.2) is 4.98 Å². The highest BCUT2D eigenvalue weighted by Crippen LogP contribution is 2.26. The molecule has 3 aromatic rings. The number of hydrogen-bond acceptors (Lipinski definition) is 5. The lowest BCUT2D eigenvalue weighted by atomic mass is 10.1. The average molecular weight is 370 g/mol. The molecule has 0 aliphatic carbocycles. The van der Waals surface area contributed by atoms with Gasteiger partial charge in [0.15, 0.2) is 0 Å². The first-order chi connectivity index (χ1) is 12.5. The number of thiophene rings is 1. The zero-order valence-corrected chi connectivity index (χ0v) is 16.1. The van der Waals surface area contributed by atoms with E-state index in [1.54, 1.807) is 15.9 Å². The van der Waals surface area contributed by atoms with Crippen molar-refractivity contribution in [1.29, 1.82) is 0 Å². The van der Waals surface area contributed by atoms with Gasteiger partial charge in [0.05, 0.1) is 12.5 Å². The van der Waals surface area contributed by atoms with Gasteiger partial charge in [0.2, 0.25) is 0 Å². The molecule has 0 fully saturated rings. The summed E-state index contributed by atoms with van der Waals surface area (Å²) in [4.78, 5) is 31.2. The van der Waals surface area contributed by atoms with E-state index >= 15 is 0 Å². The zero-order valence-electron chi connectivity index (χ0n) is 15.2. The number of benzene rings is 1. The summed E-state index contributed by atoms with van der Waals surface area (Å²) in [6.45, 7) is 4.51. The van der Waals surface area contributed by atoms with E-state index in [9.17, 15) is 9.59 Å². The molecular weight excluding hydrogens is 348 g/mol. The second-order valence-electron chi connectivity index (χ2n) is 6.23. The fraction of sp³-hybridized carbons (Fsp3) is 0.350. The van der Waals surface area contributed by atoms with Crippen molar-refractivity contribution >= 4 is 27.5 Å². The Labute approximate surface area is 156 Å². The fourth-order valence-corrected chi connectivity index (χ4v) is 3.89. The van der Waals surface area contributed by atoms with Crippen LogP contribution in [-0.4, -0.2) is 22.6 Å². The molecule has 0 spiro atoms. The molecule has 1 aromatic carbocycles. The summed E-state index contributed by atoms with van der Waals surface area (Å²) in [5, 5.41) is 0.654. The molecule has 26 heavy (non-hydrogen) atoms. The van der Waals surface area contributed by atoms with Crippen LogP contribution in [-0.2, 0) is 22.5 Å². The van der Waals surface area contributed by atoms with E-state index in [1.165, 1.54) is 7.11 Å². The number of nitrogens with zero attached hydrogens (tertiary/aromatic N) is 2. The molecule has 0 atom stereocenters. The summed E-state index contributed by atoms with van der Waals surface area (Å²) in [5.41, 5.74) is 1.97. The third-order valence-corrected chi connectivity index (χ3v) is 5.49. The van der Waals surface area contributed by atoms with Gasteiger partial charge < -0.3 is 4.74 Å². The van der Waals surface area contributed by atoms with Crippen LogP contribution in [0.1, 0.15) is 30.2 Å². The van der Waals surface area contributed by atoms with Crippen molar-refractivity contribution in [2.75, 3.05) is 7.11 Å². The highest BCUT2D eigenvalue weighted by molar-refractivity contribution is 7.18. The van der Waals surface area contributed by atoms with Crippen molar-refractivity contribution in [2.45, 2.75) is 39.7 Å². The third kappa shape index (κ3) is 3.70. The van der Waals surface area contributed by atoms with Crippen LogP contribution in [0, 0.1) is 6.92 Å². The summed E-state index contributed by atoms with van der Waals surface area (Å²) in [7, 11) is 1.37. The number of carbonyl (C=O) groups is 1. The summed E-state index contributed by atoms with van der Waals surface area (Å²) in [6.07, 6.45) is 1.68. The van der Waals surface area contributed by atoms with Crippen molar-refractivity contribution in [3.8, 4) is 11.4 Å². The van der Waals surface area contributed by atoms with E-state index in [4.69, 9.17) is 9.72 Å². The minimum Gasteiger partial charge on any atom is -0.469 e. The molecule has 0 unspecified atom stereocenters. The number of rotatable bonds is 6. The van der Waals surface area contributed by atoms with Crippen molar-refractivity contribution in [2.24, 2.45) is 0 Å². The molecule has 136 valence electrons. The maximum atomic E-state index is 13.1. The van der Waals surface area contributed by atoms with E-state index in [0.29, 0.717) is 24.2 Å². The van der Waals surface area contributed by atoms with Gasteiger partial charge in [0, 0.05) is 23.4 Å². The normalized spacial score (nSPS) is 11.0. The van der Waals surface area contributed by atoms with Crippen LogP contribution in [0.15, 0.2) is 35.1 Å². The molecule has 2 heterocycles. The molecule has 0 saturated carbocycles. The lowest BCUT2D eigenvalue weighted by Gasteiger charge is -2.12. The Hall–Kier alpha value is -2.47. The number of aromatic nitrogens is 2. The van der Waals surface area contributed by atoms with Crippen LogP contribution in [0.2, 0.25) is 0 Å². The van der Waals surface area contributed by atoms with Crippen LogP contribution in [0.5, 0.6) is 0 Å². The summed E-state index contributed by atoms with van der Waals surface area (Å²) in [6, 6.07) is 9.91. The quantitative estimate of drug-likeness (QED) is 0.617. The molecule has 0 saturated heterocycles. The van der Waals surface area contributed by atoms with E-state index in [-0.39, 0.29) is 17.9 Å². The summed E-state index contributed by atoms with van der Waals surface area (Å²) in [5.74, 6) is 0.383. The molecule has 2 aromatic heterocycles. The predicted molar refractivity (Wildman–Crippen MR) is 105 cm³/mol. The molecule has 0 bridgehead atoms. The van der Waals surface area contributed by atoms with Crippen molar-refractivity contribution in [3.63, 3.8) is 0 Å². The van der Waals surface area contributed by atoms with E-state index in [0.717, 1.165) is 27.3 Å². The minimum absolute atomic E-state index is 0.0488. The van der Waals surface area contributed by atoms with E-state index in [2.05, 4.69) is 6.92 Å². The van der Waals surface area contributed by atoms with Gasteiger partial charge in [-0.05, 0) is 31.9 Å². The Kier molecular flexibility index (Phi) is 5.52. The molecule has 0 amide bonds. The fourth-order valence-electron chi connectivity index (χ4n) is 2.94. The molecule has 3 rings (SSSR count). The first-order valence-electron chi connectivity index (χ1n) is 8.70. The molecule has 6 heteroatoms. The molecule has 0 radical (unpaired) electrons. The highest BCUT2D eigenvalue weighted by atomic mass is 32.1. The number of carbonyl (C=O) groups excluding carboxylic acids is 1. The van der Waals surface area contributed by atoms with Crippen LogP contribution in [0.25, 0.3) is 21.6 Å². The van der Waals surface area contributed by atoms with Gasteiger partial charge in [-0.3, -0.25) is 14.2 Å². The number of fused-ring (bicyclic) bond motifs is 1. The van der Waals surface area contributed by atoms with Gasteiger partial charge >= 0.3 is 5.97 Å². The monoisotopic (exact) mass is 370 g/mol. The van der Waals surface area contributed by atoms with E-state index < -0.39 is 0 Å². The number of esters is 1. The van der Waals surface area contributed by atoms with Crippen molar-refractivity contribution < 1.29 is 9.53 Å². The first-order valence-corrected chi connectivity index (χ1v) is 9.52. The summed E-state index contributed by atoms with van der Waals surface area (Å²) >= 11 is 1.57. The second-order valence-corrected chi connectivity index (χ2v) is 7.34. The average Bonchev–Trinajstić information content (AvgIpc) is 3.06. The van der Waals surface area contributed by atoms with Crippen LogP contribution in [0.3, 0.4) is 0 Å². The lowest BCUT2D eigenvalue weighted by Crippen LogP contribution is -2.23. The summed E-state index contributed by atoms with van der Waals surface area (Å²) < 4.78 is 6.38. The maximum absolute atomic E-state index is 13.1. The topological polar surface area (TPSA) is 61.2 Å². The Morgan fingerprint density at radius 3 is 2.81 bits per heavy atom. The predicted octanol–water partition coefficient (Wildman–Crippen LogP) is 3.95. The third-order valence-electron chi connectivity index (χ3n) is 4.32. The molecule has 0 aliphatic heterocycles. The van der Waals surface area contributed by atoms with Gasteiger partial charge in [-0.1, -0.05) is 30.7 Å². The Morgan fingerprint density at radius 2 is 2.12 bits per heavy atom. The van der Waals surface area contributed by atoms with Crippen LogP contribution in [0.4, 0.5) is 0 Å². The van der Waals surface area contributed by atoms with E-state index in [1.807, 2.05) is 37.3 Å². The Morgan fingerprint density at radius 1 is 1.31 bits per heavy atom. The second kappa shape index (κ2) is 7.83. The van der Waals surface area contributed by atoms with Crippen molar-refractivity contribution in [3.05, 3.63) is 51.1 Å². The standard InChI is InChI=1S/C20H22N2O3S/c1-4-15-12-16-19(26-15)21-18(14-8-5-7-13(2)11-14)22(20(16)24)10-6-9-17(23)25-3/h5,7-8,11-12H,4,6,9-10H2,1-3H3. The minimum atomic E-state index is -0.270. The largest absolute Gasteiger partial charge is 0.469 e. The number of aryl methyl sites for hydroxylation is 2. The number of hydrogen-bond donors (Lipinski definition) is 0. The van der Waals surface area contributed by atoms with Gasteiger partial charge in [0.1, 0.15) is 10.7 Å². The Balaban J connectivity index is 2.11. The smallest absolute Gasteiger partial charge is 0.305 e. The van der Waals surface area contributed by atoms with Crippen LogP contribution >= 0.6 is 11.3 Å². The highest BCUT2D eigenvalue weighted by Gasteiger charge is 2.15. The Bertz CT molecular complexity index is 1000. The SMILES string of the molecule is CCc1cc2c(=O)n(CCCC(=O)OC)c(-c3cccc(C)c3)nc2s1. The van der Waals surface area contributed by atoms with Gasteiger partial charge in [-0.2, -0.15) is 0 Å². The molecular formula is C20H22N2O3S. The zero-order chi connectivity index (χ0) is 18.7. The first kappa shape index (κ1) is 18.3. The number of ether oxygens (including phenoxy) is 1. The van der Waals surface area contributed by atoms with Crippen LogP contribution < -0.4 is 5.56 Å². The lowest BCUT2D eigenvalue weighted by molar-refractivity contribution is -0.140.